The van der Waals surface area contributed by atoms with Gasteiger partial charge in [-0.05, 0) is 26.0 Å². The van der Waals surface area contributed by atoms with Crippen molar-refractivity contribution in [3.05, 3.63) is 41.4 Å². The fourth-order valence-corrected chi connectivity index (χ4v) is 1.93. The molecule has 0 fully saturated rings. The molecule has 3 heterocycles. The predicted molar refractivity (Wildman–Crippen MR) is 78.0 cm³/mol. The largest absolute Gasteiger partial charge is 0.475 e. The van der Waals surface area contributed by atoms with E-state index in [2.05, 4.69) is 25.5 Å². The summed E-state index contributed by atoms with van der Waals surface area (Å²) in [6.07, 6.45) is 0. The van der Waals surface area contributed by atoms with Crippen LogP contribution in [0.15, 0.2) is 28.7 Å². The molecule has 0 radical (unpaired) electrons. The monoisotopic (exact) mass is 299 g/mol. The number of rotatable bonds is 4. The van der Waals surface area contributed by atoms with Crippen LogP contribution in [0, 0.1) is 13.8 Å². The summed E-state index contributed by atoms with van der Waals surface area (Å²) in [7, 11) is 0. The Kier molecular flexibility index (Phi) is 3.34. The van der Waals surface area contributed by atoms with Crippen LogP contribution in [0.25, 0.3) is 11.6 Å². The van der Waals surface area contributed by atoms with E-state index in [1.807, 2.05) is 19.9 Å². The number of aromatic amines is 1. The summed E-state index contributed by atoms with van der Waals surface area (Å²) in [5.74, 6) is 0.487. The van der Waals surface area contributed by atoms with E-state index in [-0.39, 0.29) is 5.76 Å². The average Bonchev–Trinajstić information content (AvgIpc) is 3.07. The number of H-pyrrole nitrogens is 1. The molecule has 22 heavy (non-hydrogen) atoms. The second-order valence-electron chi connectivity index (χ2n) is 4.75. The Morgan fingerprint density at radius 3 is 2.68 bits per heavy atom. The van der Waals surface area contributed by atoms with Gasteiger partial charge in [0.25, 0.3) is 0 Å². The summed E-state index contributed by atoms with van der Waals surface area (Å²) in [5.41, 5.74) is 1.64. The number of nitrogens with zero attached hydrogens (tertiary/aromatic N) is 3. The average molecular weight is 299 g/mol. The third-order valence-corrected chi connectivity index (χ3v) is 2.85. The molecule has 112 valence electrons. The van der Waals surface area contributed by atoms with Crippen molar-refractivity contribution in [2.45, 2.75) is 13.8 Å². The Morgan fingerprint density at radius 1 is 1.23 bits per heavy atom. The fourth-order valence-electron chi connectivity index (χ4n) is 1.93. The van der Waals surface area contributed by atoms with Gasteiger partial charge in [0.1, 0.15) is 5.82 Å². The first-order chi connectivity index (χ1) is 10.5. The van der Waals surface area contributed by atoms with E-state index in [1.165, 1.54) is 12.1 Å². The Hall–Kier alpha value is -3.16. The van der Waals surface area contributed by atoms with Crippen LogP contribution in [0.3, 0.4) is 0 Å². The summed E-state index contributed by atoms with van der Waals surface area (Å²) >= 11 is 0. The van der Waals surface area contributed by atoms with Crippen LogP contribution in [0.4, 0.5) is 11.6 Å². The summed E-state index contributed by atoms with van der Waals surface area (Å²) in [4.78, 5) is 19.4. The third kappa shape index (κ3) is 2.80. The van der Waals surface area contributed by atoms with Gasteiger partial charge in [-0.2, -0.15) is 5.10 Å². The van der Waals surface area contributed by atoms with E-state index in [0.717, 1.165) is 5.69 Å². The van der Waals surface area contributed by atoms with Crippen molar-refractivity contribution < 1.29 is 14.3 Å². The van der Waals surface area contributed by atoms with Crippen LogP contribution in [-0.4, -0.2) is 31.2 Å². The number of aryl methyl sites for hydroxylation is 2. The molecule has 0 aliphatic rings. The zero-order valence-corrected chi connectivity index (χ0v) is 11.9. The van der Waals surface area contributed by atoms with E-state index in [9.17, 15) is 4.79 Å². The van der Waals surface area contributed by atoms with Crippen molar-refractivity contribution in [2.24, 2.45) is 0 Å². The number of hydrogen-bond acceptors (Lipinski definition) is 6. The number of furan rings is 1. The third-order valence-electron chi connectivity index (χ3n) is 2.85. The van der Waals surface area contributed by atoms with Gasteiger partial charge in [0.05, 0.1) is 0 Å². The van der Waals surface area contributed by atoms with Crippen LogP contribution in [-0.2, 0) is 0 Å². The molecule has 0 saturated carbocycles. The van der Waals surface area contributed by atoms with Gasteiger partial charge in [-0.15, -0.1) is 0 Å². The molecule has 0 aliphatic carbocycles. The molecule has 0 amide bonds. The highest BCUT2D eigenvalue weighted by molar-refractivity contribution is 5.85. The van der Waals surface area contributed by atoms with Crippen LogP contribution >= 0.6 is 0 Å². The zero-order chi connectivity index (χ0) is 15.7. The van der Waals surface area contributed by atoms with Gasteiger partial charge in [-0.1, -0.05) is 0 Å². The van der Waals surface area contributed by atoms with Crippen molar-refractivity contribution >= 4 is 17.6 Å². The molecule has 3 aromatic rings. The lowest BCUT2D eigenvalue weighted by Gasteiger charge is -2.05. The number of hydrogen-bond donors (Lipinski definition) is 3. The second-order valence-corrected chi connectivity index (χ2v) is 4.75. The van der Waals surface area contributed by atoms with Crippen molar-refractivity contribution in [3.8, 4) is 11.6 Å². The Labute approximate surface area is 125 Å². The smallest absolute Gasteiger partial charge is 0.371 e. The molecule has 0 saturated heterocycles. The zero-order valence-electron chi connectivity index (χ0n) is 11.9. The highest BCUT2D eigenvalue weighted by atomic mass is 16.4. The molecule has 3 N–H and O–H groups in total. The minimum Gasteiger partial charge on any atom is -0.475 e. The Morgan fingerprint density at radius 2 is 2.05 bits per heavy atom. The predicted octanol–water partition coefficient (Wildman–Crippen LogP) is 2.52. The summed E-state index contributed by atoms with van der Waals surface area (Å²) in [6, 6.07) is 6.50. The quantitative estimate of drug-likeness (QED) is 0.677. The first-order valence-electron chi connectivity index (χ1n) is 6.49. The maximum Gasteiger partial charge on any atom is 0.371 e. The highest BCUT2D eigenvalue weighted by Crippen LogP contribution is 2.22. The van der Waals surface area contributed by atoms with Crippen molar-refractivity contribution in [1.29, 1.82) is 0 Å². The summed E-state index contributed by atoms with van der Waals surface area (Å²) < 4.78 is 5.22. The first kappa shape index (κ1) is 13.8. The van der Waals surface area contributed by atoms with Gasteiger partial charge < -0.3 is 14.8 Å². The number of carboxylic acids is 1. The lowest BCUT2D eigenvalue weighted by Crippen LogP contribution is -1.99. The maximum absolute atomic E-state index is 10.9. The lowest BCUT2D eigenvalue weighted by atomic mass is 10.3. The van der Waals surface area contributed by atoms with Crippen LogP contribution in [0.5, 0.6) is 0 Å². The molecule has 0 atom stereocenters. The number of carboxylic acid groups (broad SMARTS) is 1. The van der Waals surface area contributed by atoms with E-state index in [1.54, 1.807) is 6.07 Å². The molecular weight excluding hydrogens is 286 g/mol. The number of aromatic carboxylic acids is 1. The second kappa shape index (κ2) is 5.32. The van der Waals surface area contributed by atoms with E-state index in [4.69, 9.17) is 9.52 Å². The molecular formula is C14H13N5O3. The van der Waals surface area contributed by atoms with Gasteiger partial charge in [-0.25, -0.2) is 14.8 Å². The maximum atomic E-state index is 10.9. The van der Waals surface area contributed by atoms with E-state index >= 15 is 0 Å². The molecule has 0 aliphatic heterocycles. The van der Waals surface area contributed by atoms with Gasteiger partial charge >= 0.3 is 5.97 Å². The Balaban J connectivity index is 1.93. The number of anilines is 2. The SMILES string of the molecule is Cc1cc(Nc2cc(C)[nH]n2)nc(-c2ccc(C(=O)O)o2)n1. The van der Waals surface area contributed by atoms with Gasteiger partial charge in [0.15, 0.2) is 17.4 Å². The van der Waals surface area contributed by atoms with Gasteiger partial charge in [0, 0.05) is 23.5 Å². The molecule has 3 aromatic heterocycles. The number of aromatic nitrogens is 4. The van der Waals surface area contributed by atoms with Crippen LogP contribution < -0.4 is 5.32 Å². The van der Waals surface area contributed by atoms with Crippen LogP contribution in [0.2, 0.25) is 0 Å². The van der Waals surface area contributed by atoms with Crippen molar-refractivity contribution in [3.63, 3.8) is 0 Å². The topological polar surface area (TPSA) is 117 Å². The number of carbonyl (C=O) groups is 1. The van der Waals surface area contributed by atoms with E-state index in [0.29, 0.717) is 28.9 Å². The first-order valence-corrected chi connectivity index (χ1v) is 6.49. The fraction of sp³-hybridized carbons (Fsp3) is 0.143. The molecule has 0 unspecified atom stereocenters. The molecule has 3 rings (SSSR count). The normalized spacial score (nSPS) is 10.6. The van der Waals surface area contributed by atoms with E-state index < -0.39 is 5.97 Å². The molecule has 8 heteroatoms. The molecule has 8 nitrogen and oxygen atoms in total. The van der Waals surface area contributed by atoms with Crippen molar-refractivity contribution in [2.75, 3.05) is 5.32 Å². The number of nitrogens with one attached hydrogen (secondary N) is 2. The minimum absolute atomic E-state index is 0.155. The summed E-state index contributed by atoms with van der Waals surface area (Å²) in [5, 5.41) is 18.8. The molecule has 0 bridgehead atoms. The van der Waals surface area contributed by atoms with Gasteiger partial charge in [0.2, 0.25) is 5.76 Å². The Bertz CT molecular complexity index is 837. The summed E-state index contributed by atoms with van der Waals surface area (Å²) in [6.45, 7) is 3.71. The standard InChI is InChI=1S/C14H13N5O3/c1-7-5-11(16-12-6-8(2)18-19-12)17-13(15-7)9-3-4-10(22-9)14(20)21/h3-6H,1-2H3,(H,20,21)(H2,15,16,17,18,19). The molecule has 0 aromatic carbocycles. The van der Waals surface area contributed by atoms with Crippen LogP contribution in [0.1, 0.15) is 21.9 Å². The molecule has 0 spiro atoms. The van der Waals surface area contributed by atoms with Crippen molar-refractivity contribution in [1.82, 2.24) is 20.2 Å². The lowest BCUT2D eigenvalue weighted by molar-refractivity contribution is 0.0663. The highest BCUT2D eigenvalue weighted by Gasteiger charge is 2.14. The van der Waals surface area contributed by atoms with Gasteiger partial charge in [-0.3, -0.25) is 5.10 Å². The minimum atomic E-state index is -1.13.